The van der Waals surface area contributed by atoms with E-state index in [9.17, 15) is 19.8 Å². The maximum Gasteiger partial charge on any atom is 0.311 e. The molecule has 0 spiro atoms. The van der Waals surface area contributed by atoms with Crippen molar-refractivity contribution in [1.29, 1.82) is 0 Å². The van der Waals surface area contributed by atoms with Crippen molar-refractivity contribution in [2.75, 3.05) is 6.61 Å². The van der Waals surface area contributed by atoms with Crippen molar-refractivity contribution in [2.24, 2.45) is 29.1 Å². The summed E-state index contributed by atoms with van der Waals surface area (Å²) in [6.07, 6.45) is 7.70. The Labute approximate surface area is 199 Å². The van der Waals surface area contributed by atoms with Crippen molar-refractivity contribution in [3.05, 3.63) is 23.8 Å². The first kappa shape index (κ1) is 27.6. The van der Waals surface area contributed by atoms with Crippen LogP contribution in [0.25, 0.3) is 0 Å². The number of hydrogen-bond donors (Lipinski definition) is 2. The predicted molar refractivity (Wildman–Crippen MR) is 128 cm³/mol. The van der Waals surface area contributed by atoms with E-state index in [0.717, 1.165) is 19.3 Å². The molecule has 0 amide bonds. The van der Waals surface area contributed by atoms with Crippen LogP contribution in [0.4, 0.5) is 0 Å². The van der Waals surface area contributed by atoms with E-state index in [1.165, 1.54) is 5.57 Å². The van der Waals surface area contributed by atoms with E-state index in [1.807, 2.05) is 20.8 Å². The van der Waals surface area contributed by atoms with Gasteiger partial charge in [-0.15, -0.1) is 0 Å². The summed E-state index contributed by atoms with van der Waals surface area (Å²) in [7, 11) is 0. The van der Waals surface area contributed by atoms with Gasteiger partial charge < -0.3 is 19.7 Å². The summed E-state index contributed by atoms with van der Waals surface area (Å²) < 4.78 is 11.0. The zero-order chi connectivity index (χ0) is 24.8. The highest BCUT2D eigenvalue weighted by Gasteiger charge is 2.42. The molecule has 0 aromatic carbocycles. The summed E-state index contributed by atoms with van der Waals surface area (Å²) in [6.45, 7) is 12.2. The summed E-state index contributed by atoms with van der Waals surface area (Å²) in [4.78, 5) is 24.5. The first-order valence-corrected chi connectivity index (χ1v) is 12.6. The second kappa shape index (κ2) is 12.2. The van der Waals surface area contributed by atoms with Crippen LogP contribution in [0.15, 0.2) is 23.8 Å². The molecule has 6 heteroatoms. The molecule has 0 aromatic heterocycles. The van der Waals surface area contributed by atoms with Crippen LogP contribution < -0.4 is 0 Å². The lowest BCUT2D eigenvalue weighted by atomic mass is 9.65. The highest BCUT2D eigenvalue weighted by molar-refractivity contribution is 5.76. The predicted octanol–water partition coefficient (Wildman–Crippen LogP) is 4.58. The number of carbonyl (C=O) groups is 2. The molecular weight excluding hydrogens is 420 g/mol. The summed E-state index contributed by atoms with van der Waals surface area (Å²) in [5.74, 6) is 0.363. The van der Waals surface area contributed by atoms with Gasteiger partial charge in [0, 0.05) is 5.92 Å². The zero-order valence-electron chi connectivity index (χ0n) is 21.3. The van der Waals surface area contributed by atoms with Gasteiger partial charge in [-0.05, 0) is 76.2 Å². The Hall–Kier alpha value is -1.66. The highest BCUT2D eigenvalue weighted by atomic mass is 16.5. The fourth-order valence-electron chi connectivity index (χ4n) is 4.98. The average Bonchev–Trinajstić information content (AvgIpc) is 2.72. The molecule has 0 unspecified atom stereocenters. The largest absolute Gasteiger partial charge is 0.466 e. The van der Waals surface area contributed by atoms with Gasteiger partial charge in [0.2, 0.25) is 0 Å². The third kappa shape index (κ3) is 7.68. The number of hydrogen-bond acceptors (Lipinski definition) is 6. The van der Waals surface area contributed by atoms with Gasteiger partial charge in [-0.2, -0.15) is 0 Å². The average molecular weight is 465 g/mol. The van der Waals surface area contributed by atoms with Crippen LogP contribution >= 0.6 is 0 Å². The first-order valence-electron chi connectivity index (χ1n) is 12.6. The Morgan fingerprint density at radius 2 is 1.88 bits per heavy atom. The Balaban J connectivity index is 2.07. The van der Waals surface area contributed by atoms with Crippen molar-refractivity contribution in [3.63, 3.8) is 0 Å². The van der Waals surface area contributed by atoms with Crippen molar-refractivity contribution in [2.45, 2.75) is 98.4 Å². The molecule has 2 aliphatic carbocycles. The Bertz CT molecular complexity index is 724. The van der Waals surface area contributed by atoms with E-state index in [-0.39, 0.29) is 49.3 Å². The fourth-order valence-corrected chi connectivity index (χ4v) is 4.98. The van der Waals surface area contributed by atoms with Gasteiger partial charge in [0.25, 0.3) is 0 Å². The minimum Gasteiger partial charge on any atom is -0.466 e. The van der Waals surface area contributed by atoms with Crippen LogP contribution in [0.5, 0.6) is 0 Å². The van der Waals surface area contributed by atoms with Crippen LogP contribution in [-0.2, 0) is 19.1 Å². The van der Waals surface area contributed by atoms with Crippen molar-refractivity contribution in [1.82, 2.24) is 0 Å². The zero-order valence-corrected chi connectivity index (χ0v) is 21.3. The number of ether oxygens (including phenoxy) is 2. The number of fused-ring (bicyclic) bond motifs is 1. The first-order chi connectivity index (χ1) is 15.5. The monoisotopic (exact) mass is 464 g/mol. The molecule has 188 valence electrons. The maximum atomic E-state index is 12.9. The lowest BCUT2D eigenvalue weighted by Gasteiger charge is -2.44. The minimum absolute atomic E-state index is 0.105. The van der Waals surface area contributed by atoms with Gasteiger partial charge in [0.1, 0.15) is 6.10 Å². The molecule has 2 rings (SSSR count). The molecule has 0 fully saturated rings. The van der Waals surface area contributed by atoms with E-state index >= 15 is 0 Å². The van der Waals surface area contributed by atoms with Gasteiger partial charge in [0.15, 0.2) is 0 Å². The molecule has 2 aliphatic rings. The smallest absolute Gasteiger partial charge is 0.311 e. The van der Waals surface area contributed by atoms with E-state index in [2.05, 4.69) is 32.1 Å². The highest BCUT2D eigenvalue weighted by Crippen LogP contribution is 2.45. The van der Waals surface area contributed by atoms with Crippen molar-refractivity contribution < 1.29 is 29.3 Å². The molecule has 6 nitrogen and oxygen atoms in total. The summed E-state index contributed by atoms with van der Waals surface area (Å²) in [6, 6.07) is 0. The van der Waals surface area contributed by atoms with Crippen LogP contribution in [-0.4, -0.2) is 47.1 Å². The SMILES string of the molecule is CCOC(=O)C[C@H](O)C[C@H](O)CC[C@@H]1[C@@H]2C(=C[C@@H](C)C[C@@H]2OC(=O)C(C)(C)CC)C=C[C@@H]1C. The van der Waals surface area contributed by atoms with Gasteiger partial charge in [-0.1, -0.05) is 39.0 Å². The molecule has 0 bridgehead atoms. The molecule has 7 atom stereocenters. The van der Waals surface area contributed by atoms with E-state index in [1.54, 1.807) is 6.92 Å². The number of carbonyl (C=O) groups excluding carboxylic acids is 2. The number of aliphatic hydroxyl groups excluding tert-OH is 2. The second-order valence-corrected chi connectivity index (χ2v) is 10.6. The summed E-state index contributed by atoms with van der Waals surface area (Å²) >= 11 is 0. The van der Waals surface area contributed by atoms with Gasteiger partial charge in [-0.3, -0.25) is 9.59 Å². The quantitative estimate of drug-likeness (QED) is 0.435. The van der Waals surface area contributed by atoms with Crippen LogP contribution in [0.1, 0.15) is 80.1 Å². The molecular formula is C27H44O6. The van der Waals surface area contributed by atoms with E-state index < -0.39 is 23.6 Å². The standard InChI is InChI=1S/C27H44O6/c1-7-27(5,6)26(31)33-23-14-17(3)13-19-10-9-18(4)22(25(19)23)12-11-20(28)15-21(29)16-24(30)32-8-2/h9-10,13,17-18,20-23,25,28-29H,7-8,11-12,14-16H2,1-6H3/t17-,18+,20-,21-,22+,23+,25+/m1/s1. The van der Waals surface area contributed by atoms with Crippen LogP contribution in [0.3, 0.4) is 0 Å². The third-order valence-electron chi connectivity index (χ3n) is 7.38. The number of esters is 2. The number of allylic oxidation sites excluding steroid dienone is 3. The minimum atomic E-state index is -0.918. The molecule has 0 saturated carbocycles. The molecule has 2 N–H and O–H groups in total. The Kier molecular flexibility index (Phi) is 10.2. The third-order valence-corrected chi connectivity index (χ3v) is 7.38. The van der Waals surface area contributed by atoms with E-state index in [4.69, 9.17) is 9.47 Å². The molecule has 33 heavy (non-hydrogen) atoms. The second-order valence-electron chi connectivity index (χ2n) is 10.6. The molecule has 0 saturated heterocycles. The maximum absolute atomic E-state index is 12.9. The number of aliphatic hydroxyl groups is 2. The molecule has 0 aliphatic heterocycles. The van der Waals surface area contributed by atoms with Crippen LogP contribution in [0.2, 0.25) is 0 Å². The summed E-state index contributed by atoms with van der Waals surface area (Å²) in [5, 5.41) is 20.7. The fraction of sp³-hybridized carbons (Fsp3) is 0.778. The van der Waals surface area contributed by atoms with Crippen molar-refractivity contribution >= 4 is 11.9 Å². The molecule has 0 radical (unpaired) electrons. The Morgan fingerprint density at radius 3 is 2.52 bits per heavy atom. The van der Waals surface area contributed by atoms with Crippen molar-refractivity contribution in [3.8, 4) is 0 Å². The normalized spacial score (nSPS) is 29.0. The number of rotatable bonds is 11. The van der Waals surface area contributed by atoms with E-state index in [0.29, 0.717) is 12.3 Å². The lowest BCUT2D eigenvalue weighted by Crippen LogP contribution is -2.43. The topological polar surface area (TPSA) is 93.1 Å². The van der Waals surface area contributed by atoms with Crippen LogP contribution in [0, 0.1) is 29.1 Å². The molecule has 0 heterocycles. The molecule has 0 aromatic rings. The summed E-state index contributed by atoms with van der Waals surface area (Å²) in [5.41, 5.74) is 0.710. The Morgan fingerprint density at radius 1 is 1.18 bits per heavy atom. The van der Waals surface area contributed by atoms with Gasteiger partial charge in [-0.25, -0.2) is 0 Å². The lowest BCUT2D eigenvalue weighted by molar-refractivity contribution is -0.164. The van der Waals surface area contributed by atoms with Gasteiger partial charge in [0.05, 0.1) is 30.7 Å². The van der Waals surface area contributed by atoms with Gasteiger partial charge >= 0.3 is 11.9 Å².